The molecule has 1 aromatic rings. The molecule has 5 N–H and O–H groups in total. The molecule has 0 spiro atoms. The van der Waals surface area contributed by atoms with Crippen LogP contribution >= 0.6 is 14.5 Å². The van der Waals surface area contributed by atoms with Crippen molar-refractivity contribution in [3.8, 4) is 0 Å². The second-order valence-corrected chi connectivity index (χ2v) is 9.76. The molecule has 0 amide bonds. The zero-order valence-corrected chi connectivity index (χ0v) is 15.8. The fourth-order valence-corrected chi connectivity index (χ4v) is 5.45. The van der Waals surface area contributed by atoms with Crippen molar-refractivity contribution in [1.29, 1.82) is 0 Å². The molecular formula is C10H16N3O10P2S-. The number of nitrogens with one attached hydrogen (secondary N) is 1. The number of aliphatic hydroxyl groups is 1. The summed E-state index contributed by atoms with van der Waals surface area (Å²) in [6.07, 6.45) is -2.18. The highest BCUT2D eigenvalue weighted by atomic mass is 32.5. The van der Waals surface area contributed by atoms with Crippen LogP contribution in [0.15, 0.2) is 15.8 Å². The number of nitrogens with zero attached hydrogens (tertiary/aromatic N) is 1. The summed E-state index contributed by atoms with van der Waals surface area (Å²) in [5.41, 5.74) is -1.13. The molecule has 2 rings (SSSR count). The SMILES string of the molecule is Cc1cn([C@H]2C[C@H](OP([O-])(=S)OP(=O)([O-])[NH2+]O)[C@@H](CO)O2)c(=O)[nH]c1=O. The number of nitrogens with two attached hydrogens (primary N) is 1. The first-order chi connectivity index (χ1) is 12.0. The fourth-order valence-electron chi connectivity index (χ4n) is 2.29. The van der Waals surface area contributed by atoms with Gasteiger partial charge in [-0.1, -0.05) is 11.8 Å². The van der Waals surface area contributed by atoms with E-state index in [0.717, 1.165) is 4.57 Å². The number of aryl methyl sites for hydroxylation is 1. The maximum absolute atomic E-state index is 12.0. The van der Waals surface area contributed by atoms with E-state index < -0.39 is 50.8 Å². The molecule has 148 valence electrons. The van der Waals surface area contributed by atoms with Gasteiger partial charge in [0.05, 0.1) is 12.7 Å². The minimum Gasteiger partial charge on any atom is -0.779 e. The van der Waals surface area contributed by atoms with Crippen LogP contribution in [0.25, 0.3) is 0 Å². The highest BCUT2D eigenvalue weighted by molar-refractivity contribution is 8.07. The lowest BCUT2D eigenvalue weighted by Gasteiger charge is -2.33. The number of hydrogen-bond acceptors (Lipinski definition) is 11. The molecule has 16 heteroatoms. The van der Waals surface area contributed by atoms with Crippen LogP contribution in [0.5, 0.6) is 0 Å². The number of ether oxygens (including phenoxy) is 1. The molecule has 1 aliphatic heterocycles. The number of rotatable bonds is 7. The Morgan fingerprint density at radius 2 is 2.19 bits per heavy atom. The first kappa shape index (κ1) is 21.5. The first-order valence-corrected chi connectivity index (χ1v) is 11.2. The van der Waals surface area contributed by atoms with Crippen molar-refractivity contribution in [3.63, 3.8) is 0 Å². The molecule has 0 saturated carbocycles. The van der Waals surface area contributed by atoms with E-state index in [9.17, 15) is 29.0 Å². The highest BCUT2D eigenvalue weighted by Crippen LogP contribution is 2.52. The zero-order chi connectivity index (χ0) is 19.7. The summed E-state index contributed by atoms with van der Waals surface area (Å²) < 4.78 is 26.7. The van der Waals surface area contributed by atoms with Gasteiger partial charge in [-0.15, -0.1) is 0 Å². The average molecular weight is 432 g/mol. The molecule has 1 aliphatic rings. The molecular weight excluding hydrogens is 416 g/mol. The predicted molar refractivity (Wildman–Crippen MR) is 83.2 cm³/mol. The van der Waals surface area contributed by atoms with Gasteiger partial charge in [-0.25, -0.2) is 18.9 Å². The van der Waals surface area contributed by atoms with E-state index in [0.29, 0.717) is 0 Å². The van der Waals surface area contributed by atoms with Crippen LogP contribution in [0.1, 0.15) is 18.2 Å². The molecule has 0 aromatic carbocycles. The van der Waals surface area contributed by atoms with E-state index >= 15 is 0 Å². The molecule has 2 heterocycles. The van der Waals surface area contributed by atoms with Crippen LogP contribution in [0, 0.1) is 6.92 Å². The Morgan fingerprint density at radius 3 is 2.77 bits per heavy atom. The molecule has 1 fully saturated rings. The Hall–Kier alpha value is -0.760. The minimum absolute atomic E-state index is 0.146. The van der Waals surface area contributed by atoms with Crippen molar-refractivity contribution < 1.29 is 43.5 Å². The van der Waals surface area contributed by atoms with Crippen molar-refractivity contribution >= 4 is 26.3 Å². The van der Waals surface area contributed by atoms with E-state index in [4.69, 9.17) is 14.5 Å². The number of aliphatic hydroxyl groups excluding tert-OH is 1. The van der Waals surface area contributed by atoms with Gasteiger partial charge in [0.15, 0.2) is 0 Å². The summed E-state index contributed by atoms with van der Waals surface area (Å²) in [5, 5.41) is 17.6. The molecule has 26 heavy (non-hydrogen) atoms. The van der Waals surface area contributed by atoms with Crippen molar-refractivity contribution in [2.24, 2.45) is 0 Å². The topological polar surface area (TPSA) is 203 Å². The van der Waals surface area contributed by atoms with Gasteiger partial charge in [-0.3, -0.25) is 14.3 Å². The summed E-state index contributed by atoms with van der Waals surface area (Å²) in [7, 11) is -4.98. The molecule has 0 radical (unpaired) electrons. The molecule has 5 atom stereocenters. The lowest BCUT2D eigenvalue weighted by atomic mass is 10.2. The first-order valence-electron chi connectivity index (χ1n) is 7.06. The molecule has 0 bridgehead atoms. The number of H-pyrrole nitrogens is 1. The minimum atomic E-state index is -4.98. The molecule has 2 unspecified atom stereocenters. The standard InChI is InChI=1S/C10H17N3O10P2S/c1-5-3-13(10(16)11-9(5)15)8-2-6(7(4-14)21-8)22-25(20,26)23-24(18,19)12-17/h3,6-8,14,17H,2,4H2,1H3,(H,20,26)(H,11,15,16)(H2,12,18,19)/p-1/t6-,7+,8+,25?/m0/s1. The van der Waals surface area contributed by atoms with Crippen LogP contribution in [0.3, 0.4) is 0 Å². The van der Waals surface area contributed by atoms with Crippen LogP contribution in [-0.2, 0) is 29.9 Å². The second-order valence-electron chi connectivity index (χ2n) is 5.35. The summed E-state index contributed by atoms with van der Waals surface area (Å²) in [4.78, 5) is 48.6. The summed E-state index contributed by atoms with van der Waals surface area (Å²) in [6.45, 7) is -3.75. The third-order valence-corrected chi connectivity index (χ3v) is 6.82. The third kappa shape index (κ3) is 5.15. The number of quaternary nitrogens is 1. The maximum Gasteiger partial charge on any atom is 0.361 e. The second kappa shape index (κ2) is 8.09. The average Bonchev–Trinajstić information content (AvgIpc) is 2.91. The van der Waals surface area contributed by atoms with Gasteiger partial charge < -0.3 is 24.2 Å². The van der Waals surface area contributed by atoms with E-state index in [1.54, 1.807) is 0 Å². The Labute approximate surface area is 151 Å². The Bertz CT molecular complexity index is 871. The van der Waals surface area contributed by atoms with Gasteiger partial charge in [0.1, 0.15) is 19.1 Å². The molecule has 0 aliphatic carbocycles. The number of aromatic amines is 1. The highest BCUT2D eigenvalue weighted by Gasteiger charge is 2.39. The monoisotopic (exact) mass is 432 g/mol. The van der Waals surface area contributed by atoms with Crippen LogP contribution < -0.4 is 26.3 Å². The Kier molecular flexibility index (Phi) is 6.70. The summed E-state index contributed by atoms with van der Waals surface area (Å²) in [6, 6.07) is 0. The van der Waals surface area contributed by atoms with Gasteiger partial charge >= 0.3 is 13.4 Å². The molecule has 1 saturated heterocycles. The fraction of sp³-hybridized carbons (Fsp3) is 0.600. The van der Waals surface area contributed by atoms with E-state index in [2.05, 4.69) is 21.1 Å². The van der Waals surface area contributed by atoms with E-state index in [1.807, 2.05) is 0 Å². The van der Waals surface area contributed by atoms with Crippen molar-refractivity contribution in [1.82, 2.24) is 9.55 Å². The van der Waals surface area contributed by atoms with E-state index in [-0.39, 0.29) is 17.2 Å². The van der Waals surface area contributed by atoms with Gasteiger partial charge in [0.2, 0.25) is 0 Å². The van der Waals surface area contributed by atoms with Gasteiger partial charge in [0.25, 0.3) is 5.56 Å². The van der Waals surface area contributed by atoms with Crippen molar-refractivity contribution in [2.45, 2.75) is 31.8 Å². The van der Waals surface area contributed by atoms with Crippen LogP contribution in [-0.4, -0.2) is 38.7 Å². The van der Waals surface area contributed by atoms with E-state index in [1.165, 1.54) is 13.1 Å². The quantitative estimate of drug-likeness (QED) is 0.246. The van der Waals surface area contributed by atoms with Crippen molar-refractivity contribution in [2.75, 3.05) is 6.61 Å². The maximum atomic E-state index is 12.0. The number of aromatic nitrogens is 2. The van der Waals surface area contributed by atoms with Crippen LogP contribution in [0.4, 0.5) is 0 Å². The lowest BCUT2D eigenvalue weighted by molar-refractivity contribution is -0.797. The van der Waals surface area contributed by atoms with Gasteiger partial charge in [-0.2, -0.15) is 5.25 Å². The largest absolute Gasteiger partial charge is 0.779 e. The predicted octanol–water partition coefficient (Wildman–Crippen LogP) is -3.47. The van der Waals surface area contributed by atoms with Crippen molar-refractivity contribution in [3.05, 3.63) is 32.6 Å². The molecule has 13 nitrogen and oxygen atoms in total. The summed E-state index contributed by atoms with van der Waals surface area (Å²) in [5.74, 6) is 0. The zero-order valence-electron chi connectivity index (χ0n) is 13.2. The third-order valence-electron chi connectivity index (χ3n) is 3.44. The Balaban J connectivity index is 2.21. The Morgan fingerprint density at radius 1 is 1.54 bits per heavy atom. The smallest absolute Gasteiger partial charge is 0.361 e. The number of hydrogen-bond donors (Lipinski definition) is 4. The van der Waals surface area contributed by atoms with Gasteiger partial charge in [-0.05, 0) is 6.92 Å². The van der Waals surface area contributed by atoms with Crippen LogP contribution in [0.2, 0.25) is 0 Å². The normalized spacial score (nSPS) is 27.8. The van der Waals surface area contributed by atoms with Gasteiger partial charge in [0, 0.05) is 18.2 Å². The summed E-state index contributed by atoms with van der Waals surface area (Å²) >= 11 is 4.47. The molecule has 1 aromatic heterocycles. The lowest BCUT2D eigenvalue weighted by Crippen LogP contribution is -2.77.